The van der Waals surface area contributed by atoms with E-state index in [-0.39, 0.29) is 5.41 Å². The molecular formula is C43H28INO2. The van der Waals surface area contributed by atoms with E-state index in [1.54, 1.807) is 0 Å². The summed E-state index contributed by atoms with van der Waals surface area (Å²) in [5.74, 6) is 0.909. The highest BCUT2D eigenvalue weighted by molar-refractivity contribution is 14.2. The van der Waals surface area contributed by atoms with Gasteiger partial charge in [-0.25, -0.2) is 4.99 Å². The Labute approximate surface area is 281 Å². The van der Waals surface area contributed by atoms with Crippen LogP contribution in [0.3, 0.4) is 0 Å². The summed E-state index contributed by atoms with van der Waals surface area (Å²) in [7, 11) is 0. The van der Waals surface area contributed by atoms with Crippen LogP contribution < -0.4 is 0 Å². The smallest absolute Gasteiger partial charge is 0.167 e. The largest absolute Gasteiger partial charge is 0.456 e. The van der Waals surface area contributed by atoms with Gasteiger partial charge in [0.25, 0.3) is 0 Å². The summed E-state index contributed by atoms with van der Waals surface area (Å²) >= 11 is -0.586. The molecule has 8 aromatic rings. The molecule has 1 aliphatic carbocycles. The van der Waals surface area contributed by atoms with Crippen molar-refractivity contribution in [1.82, 2.24) is 0 Å². The van der Waals surface area contributed by atoms with E-state index < -0.39 is 20.7 Å². The molecule has 2 aliphatic rings. The second kappa shape index (κ2) is 9.96. The molecule has 0 radical (unpaired) electrons. The van der Waals surface area contributed by atoms with Crippen LogP contribution in [-0.4, -0.2) is 7.23 Å². The molecule has 0 amide bonds. The first-order valence-corrected chi connectivity index (χ1v) is 18.1. The van der Waals surface area contributed by atoms with Gasteiger partial charge in [-0.15, -0.1) is 0 Å². The van der Waals surface area contributed by atoms with Crippen molar-refractivity contribution in [2.75, 3.05) is 0 Å². The summed E-state index contributed by atoms with van der Waals surface area (Å²) in [4.78, 5) is 5.19. The van der Waals surface area contributed by atoms with Gasteiger partial charge in [0.2, 0.25) is 0 Å². The van der Waals surface area contributed by atoms with E-state index in [2.05, 4.69) is 135 Å². The van der Waals surface area contributed by atoms with E-state index in [1.807, 2.05) is 12.1 Å². The van der Waals surface area contributed by atoms with Crippen molar-refractivity contribution in [2.45, 2.75) is 19.3 Å². The predicted octanol–water partition coefficient (Wildman–Crippen LogP) is 11.9. The van der Waals surface area contributed by atoms with Crippen LogP contribution in [0.5, 0.6) is 0 Å². The molecule has 47 heavy (non-hydrogen) atoms. The molecule has 3 heterocycles. The fourth-order valence-corrected chi connectivity index (χ4v) is 10.4. The van der Waals surface area contributed by atoms with Crippen LogP contribution in [0, 0.1) is 0 Å². The van der Waals surface area contributed by atoms with E-state index in [9.17, 15) is 0 Å². The Balaban J connectivity index is 1.11. The molecule has 0 bridgehead atoms. The lowest BCUT2D eigenvalue weighted by molar-refractivity contribution is 0.608. The molecule has 3 nitrogen and oxygen atoms in total. The van der Waals surface area contributed by atoms with Crippen molar-refractivity contribution < 1.29 is 8.83 Å². The first-order valence-electron chi connectivity index (χ1n) is 15.9. The van der Waals surface area contributed by atoms with Crippen LogP contribution >= 0.6 is 20.7 Å². The summed E-state index contributed by atoms with van der Waals surface area (Å²) < 4.78 is 15.7. The molecule has 4 heteroatoms. The van der Waals surface area contributed by atoms with E-state index in [0.29, 0.717) is 0 Å². The van der Waals surface area contributed by atoms with Crippen LogP contribution in [0.4, 0.5) is 5.69 Å². The molecule has 0 unspecified atom stereocenters. The predicted molar refractivity (Wildman–Crippen MR) is 203 cm³/mol. The summed E-state index contributed by atoms with van der Waals surface area (Å²) in [5, 5.41) is 3.40. The third kappa shape index (κ3) is 3.91. The van der Waals surface area contributed by atoms with Crippen molar-refractivity contribution in [3.05, 3.63) is 161 Å². The molecule has 10 rings (SSSR count). The number of para-hydroxylation sites is 1. The third-order valence-corrected chi connectivity index (χ3v) is 12.8. The Morgan fingerprint density at radius 3 is 2.15 bits per heavy atom. The van der Waals surface area contributed by atoms with Crippen molar-refractivity contribution in [3.63, 3.8) is 0 Å². The van der Waals surface area contributed by atoms with Gasteiger partial charge in [-0.2, -0.15) is 0 Å². The minimum absolute atomic E-state index is 0.140. The molecule has 0 fully saturated rings. The molecule has 0 atom stereocenters. The van der Waals surface area contributed by atoms with Gasteiger partial charge in [0.05, 0.1) is 3.51 Å². The van der Waals surface area contributed by atoms with E-state index >= 15 is 0 Å². The second-order valence-electron chi connectivity index (χ2n) is 12.8. The zero-order valence-electron chi connectivity index (χ0n) is 25.8. The molecule has 2 aromatic heterocycles. The number of nitrogens with zero attached hydrogens (tertiary/aromatic N) is 1. The van der Waals surface area contributed by atoms with Crippen molar-refractivity contribution in [3.8, 4) is 22.3 Å². The lowest BCUT2D eigenvalue weighted by Gasteiger charge is -2.21. The average Bonchev–Trinajstić information content (AvgIpc) is 3.76. The quantitative estimate of drug-likeness (QED) is 0.171. The van der Waals surface area contributed by atoms with Gasteiger partial charge in [0.15, 0.2) is 5.76 Å². The Bertz CT molecular complexity index is 2640. The van der Waals surface area contributed by atoms with Crippen LogP contribution in [0.25, 0.3) is 55.2 Å². The monoisotopic (exact) mass is 717 g/mol. The lowest BCUT2D eigenvalue weighted by Crippen LogP contribution is -2.15. The van der Waals surface area contributed by atoms with Crippen molar-refractivity contribution >= 4 is 66.6 Å². The average molecular weight is 718 g/mol. The van der Waals surface area contributed by atoms with Gasteiger partial charge in [-0.3, -0.25) is 0 Å². The number of aliphatic imine (C=N–C) groups is 1. The maximum Gasteiger partial charge on any atom is 0.167 e. The summed E-state index contributed by atoms with van der Waals surface area (Å²) in [5.41, 5.74) is 13.5. The molecule has 1 aliphatic heterocycles. The van der Waals surface area contributed by atoms with Gasteiger partial charge in [0, 0.05) is 32.7 Å². The number of rotatable bonds is 3. The molecular weight excluding hydrogens is 689 g/mol. The summed E-state index contributed by atoms with van der Waals surface area (Å²) in [6.45, 7) is 4.63. The first-order chi connectivity index (χ1) is 23.1. The zero-order chi connectivity index (χ0) is 31.3. The second-order valence-corrected chi connectivity index (χ2v) is 15.5. The number of benzene rings is 6. The molecule has 0 saturated heterocycles. The Morgan fingerprint density at radius 2 is 1.28 bits per heavy atom. The molecule has 0 spiro atoms. The van der Waals surface area contributed by atoms with Gasteiger partial charge in [0.1, 0.15) is 26.2 Å². The van der Waals surface area contributed by atoms with E-state index in [4.69, 9.17) is 13.8 Å². The zero-order valence-corrected chi connectivity index (χ0v) is 28.0. The van der Waals surface area contributed by atoms with Gasteiger partial charge in [-0.1, -0.05) is 144 Å². The highest BCUT2D eigenvalue weighted by Crippen LogP contribution is 2.53. The van der Waals surface area contributed by atoms with Gasteiger partial charge >= 0.3 is 0 Å². The topological polar surface area (TPSA) is 38.6 Å². The fraction of sp³-hybridized carbons (Fsp3) is 0.0698. The Morgan fingerprint density at radius 1 is 0.553 bits per heavy atom. The van der Waals surface area contributed by atoms with Crippen LogP contribution in [0.15, 0.2) is 147 Å². The Kier molecular flexibility index (Phi) is 5.74. The summed E-state index contributed by atoms with van der Waals surface area (Å²) in [6.07, 6.45) is 0. The first kappa shape index (κ1) is 27.1. The molecule has 0 N–H and O–H groups in total. The van der Waals surface area contributed by atoms with Gasteiger partial charge < -0.3 is 8.83 Å². The molecule has 224 valence electrons. The standard InChI is InChI=1S/C43H28INO2/c1-43(2)33-16-8-6-13-29(33)30-23-24-32-36-28(15-10-18-35(36)47-40(32)37(30)43)25-19-21-26(22-20-25)38-41-39(31-14-7-9-17-34(31)46-41)45-42(44-38)27-11-4-3-5-12-27/h3-24H,1-2H3. The number of halogens is 1. The maximum atomic E-state index is 6.74. The van der Waals surface area contributed by atoms with Crippen LogP contribution in [0.1, 0.15) is 41.9 Å². The summed E-state index contributed by atoms with van der Waals surface area (Å²) in [6, 6.07) is 47.6. The normalized spacial score (nSPS) is 14.8. The molecule has 6 aromatic carbocycles. The van der Waals surface area contributed by atoms with Crippen molar-refractivity contribution in [1.29, 1.82) is 0 Å². The SMILES string of the molecule is CC1(C)c2ccccc2-c2ccc3c(oc4cccc(-c5ccc(C6=IC(c7ccccc7)=Nc7c6oc6ccccc76)cc5)c43)c21. The number of hydrogen-bond acceptors (Lipinski definition) is 3. The van der Waals surface area contributed by atoms with Gasteiger partial charge in [-0.05, 0) is 57.6 Å². The Hall–Kier alpha value is -5.07. The minimum atomic E-state index is -0.586. The number of furan rings is 2. The fourth-order valence-electron chi connectivity index (χ4n) is 7.59. The number of hydrogen-bond donors (Lipinski definition) is 0. The molecule has 0 saturated carbocycles. The van der Waals surface area contributed by atoms with E-state index in [1.165, 1.54) is 58.8 Å². The third-order valence-electron chi connectivity index (χ3n) is 9.80. The highest BCUT2D eigenvalue weighted by Gasteiger charge is 2.38. The maximum absolute atomic E-state index is 6.74. The number of fused-ring (bicyclic) bond motifs is 10. The minimum Gasteiger partial charge on any atom is -0.456 e. The lowest BCUT2D eigenvalue weighted by atomic mass is 9.81. The highest BCUT2D eigenvalue weighted by atomic mass is 127. The van der Waals surface area contributed by atoms with Crippen LogP contribution in [-0.2, 0) is 5.41 Å². The van der Waals surface area contributed by atoms with Crippen LogP contribution in [0.2, 0.25) is 0 Å². The van der Waals surface area contributed by atoms with Crippen molar-refractivity contribution in [2.24, 2.45) is 4.99 Å². The van der Waals surface area contributed by atoms with E-state index in [0.717, 1.165) is 37.3 Å².